The Balaban J connectivity index is 2.55. The van der Waals surface area contributed by atoms with E-state index in [0.717, 1.165) is 0 Å². The van der Waals surface area contributed by atoms with Gasteiger partial charge in [0, 0.05) is 0 Å². The maximum Gasteiger partial charge on any atom is 0.328 e. The third kappa shape index (κ3) is 3.94. The maximum atomic E-state index is 11.7. The Kier molecular flexibility index (Phi) is 4.75. The van der Waals surface area contributed by atoms with Crippen molar-refractivity contribution in [3.8, 4) is 0 Å². The number of nitrogens with one attached hydrogen (secondary N) is 1. The monoisotopic (exact) mass is 239 g/mol. The molecule has 0 radical (unpaired) electrons. The van der Waals surface area contributed by atoms with E-state index in [-0.39, 0.29) is 18.2 Å². The zero-order valence-electron chi connectivity index (χ0n) is 10.2. The molecule has 0 aromatic carbocycles. The molecule has 0 aliphatic rings. The van der Waals surface area contributed by atoms with Crippen molar-refractivity contribution in [2.75, 3.05) is 7.11 Å². The number of rotatable bonds is 5. The third-order valence-corrected chi connectivity index (χ3v) is 2.35. The van der Waals surface area contributed by atoms with Crippen LogP contribution in [0.4, 0.5) is 0 Å². The van der Waals surface area contributed by atoms with E-state index < -0.39 is 12.0 Å². The van der Waals surface area contributed by atoms with Crippen LogP contribution >= 0.6 is 0 Å². The standard InChI is InChI=1S/C12H17NO4/c1-8(2)11(12(15)16-3)13-10(14)7-9-5-4-6-17-9/h4-6,8,11H,7H2,1-3H3,(H,13,14). The number of carbonyl (C=O) groups excluding carboxylic acids is 2. The lowest BCUT2D eigenvalue weighted by Gasteiger charge is -2.19. The molecule has 0 saturated heterocycles. The van der Waals surface area contributed by atoms with E-state index in [1.165, 1.54) is 13.4 Å². The van der Waals surface area contributed by atoms with Gasteiger partial charge in [-0.3, -0.25) is 4.79 Å². The van der Waals surface area contributed by atoms with Crippen molar-refractivity contribution in [1.29, 1.82) is 0 Å². The van der Waals surface area contributed by atoms with Gasteiger partial charge in [0.05, 0.1) is 19.8 Å². The van der Waals surface area contributed by atoms with E-state index in [9.17, 15) is 9.59 Å². The van der Waals surface area contributed by atoms with Gasteiger partial charge in [-0.25, -0.2) is 4.79 Å². The summed E-state index contributed by atoms with van der Waals surface area (Å²) in [5.74, 6) is -0.158. The van der Waals surface area contributed by atoms with Gasteiger partial charge in [0.15, 0.2) is 0 Å². The second-order valence-corrected chi connectivity index (χ2v) is 4.07. The average molecular weight is 239 g/mol. The summed E-state index contributed by atoms with van der Waals surface area (Å²) in [5, 5.41) is 2.63. The number of esters is 1. The molecule has 94 valence electrons. The highest BCUT2D eigenvalue weighted by atomic mass is 16.5. The Morgan fingerprint density at radius 2 is 2.18 bits per heavy atom. The van der Waals surface area contributed by atoms with E-state index >= 15 is 0 Å². The van der Waals surface area contributed by atoms with Crippen LogP contribution in [0.25, 0.3) is 0 Å². The van der Waals surface area contributed by atoms with E-state index in [1.54, 1.807) is 12.1 Å². The normalized spacial score (nSPS) is 12.2. The van der Waals surface area contributed by atoms with Gasteiger partial charge in [0.2, 0.25) is 5.91 Å². The van der Waals surface area contributed by atoms with E-state index in [2.05, 4.69) is 10.1 Å². The molecule has 0 saturated carbocycles. The summed E-state index contributed by atoms with van der Waals surface area (Å²) in [4.78, 5) is 23.1. The molecule has 5 heteroatoms. The van der Waals surface area contributed by atoms with E-state index in [4.69, 9.17) is 4.42 Å². The van der Waals surface area contributed by atoms with Crippen LogP contribution in [0.1, 0.15) is 19.6 Å². The lowest BCUT2D eigenvalue weighted by molar-refractivity contribution is -0.146. The van der Waals surface area contributed by atoms with Gasteiger partial charge in [-0.05, 0) is 18.1 Å². The van der Waals surface area contributed by atoms with Crippen LogP contribution in [0.5, 0.6) is 0 Å². The minimum absolute atomic E-state index is 0.0250. The predicted octanol–water partition coefficient (Wildman–Crippen LogP) is 1.14. The van der Waals surface area contributed by atoms with Crippen molar-refractivity contribution in [2.24, 2.45) is 5.92 Å². The second kappa shape index (κ2) is 6.08. The zero-order valence-corrected chi connectivity index (χ0v) is 10.2. The smallest absolute Gasteiger partial charge is 0.328 e. The van der Waals surface area contributed by atoms with Crippen LogP contribution in [0, 0.1) is 5.92 Å². The third-order valence-electron chi connectivity index (χ3n) is 2.35. The first-order valence-electron chi connectivity index (χ1n) is 5.44. The molecule has 1 aromatic heterocycles. The van der Waals surface area contributed by atoms with E-state index in [1.807, 2.05) is 13.8 Å². The molecular weight excluding hydrogens is 222 g/mol. The topological polar surface area (TPSA) is 68.5 Å². The average Bonchev–Trinajstić information content (AvgIpc) is 2.77. The molecule has 17 heavy (non-hydrogen) atoms. The maximum absolute atomic E-state index is 11.7. The molecule has 1 atom stereocenters. The fourth-order valence-corrected chi connectivity index (χ4v) is 1.42. The van der Waals surface area contributed by atoms with Crippen LogP contribution in [0.3, 0.4) is 0 Å². The van der Waals surface area contributed by atoms with Crippen LogP contribution in [0.15, 0.2) is 22.8 Å². The minimum Gasteiger partial charge on any atom is -0.469 e. The van der Waals surface area contributed by atoms with Gasteiger partial charge in [-0.15, -0.1) is 0 Å². The molecular formula is C12H17NO4. The molecule has 0 spiro atoms. The summed E-state index contributed by atoms with van der Waals surface area (Å²) < 4.78 is 9.69. The molecule has 0 aliphatic heterocycles. The fraction of sp³-hybridized carbons (Fsp3) is 0.500. The number of ether oxygens (including phenoxy) is 1. The Hall–Kier alpha value is -1.78. The highest BCUT2D eigenvalue weighted by molar-refractivity contribution is 5.85. The lowest BCUT2D eigenvalue weighted by Crippen LogP contribution is -2.45. The Morgan fingerprint density at radius 1 is 1.47 bits per heavy atom. The van der Waals surface area contributed by atoms with Crippen LogP contribution in [0.2, 0.25) is 0 Å². The summed E-state index contributed by atoms with van der Waals surface area (Å²) in [5.41, 5.74) is 0. The van der Waals surface area contributed by atoms with Crippen molar-refractivity contribution in [3.05, 3.63) is 24.2 Å². The van der Waals surface area contributed by atoms with Gasteiger partial charge < -0.3 is 14.5 Å². The Bertz CT molecular complexity index is 370. The lowest BCUT2D eigenvalue weighted by atomic mass is 10.0. The molecule has 0 fully saturated rings. The quantitative estimate of drug-likeness (QED) is 0.782. The van der Waals surface area contributed by atoms with Crippen LogP contribution in [-0.2, 0) is 20.7 Å². The van der Waals surface area contributed by atoms with Crippen molar-refractivity contribution in [1.82, 2.24) is 5.32 Å². The summed E-state index contributed by atoms with van der Waals surface area (Å²) in [7, 11) is 1.30. The number of furan rings is 1. The number of carbonyl (C=O) groups is 2. The molecule has 1 unspecified atom stereocenters. The highest BCUT2D eigenvalue weighted by Gasteiger charge is 2.24. The summed E-state index contributed by atoms with van der Waals surface area (Å²) in [6.07, 6.45) is 1.62. The first-order valence-corrected chi connectivity index (χ1v) is 5.44. The highest BCUT2D eigenvalue weighted by Crippen LogP contribution is 2.05. The van der Waals surface area contributed by atoms with Gasteiger partial charge in [0.25, 0.3) is 0 Å². The Morgan fingerprint density at radius 3 is 2.65 bits per heavy atom. The first kappa shape index (κ1) is 13.3. The van der Waals surface area contributed by atoms with Gasteiger partial charge >= 0.3 is 5.97 Å². The zero-order chi connectivity index (χ0) is 12.8. The molecule has 1 amide bonds. The number of hydrogen-bond donors (Lipinski definition) is 1. The van der Waals surface area contributed by atoms with Crippen molar-refractivity contribution < 1.29 is 18.7 Å². The molecule has 1 aromatic rings. The number of hydrogen-bond acceptors (Lipinski definition) is 4. The SMILES string of the molecule is COC(=O)C(NC(=O)Cc1ccco1)C(C)C. The van der Waals surface area contributed by atoms with Crippen molar-refractivity contribution in [3.63, 3.8) is 0 Å². The molecule has 0 aliphatic carbocycles. The second-order valence-electron chi connectivity index (χ2n) is 4.07. The Labute approximate surface area is 100 Å². The number of methoxy groups -OCH3 is 1. The van der Waals surface area contributed by atoms with Gasteiger partial charge in [-0.2, -0.15) is 0 Å². The molecule has 1 heterocycles. The van der Waals surface area contributed by atoms with E-state index in [0.29, 0.717) is 5.76 Å². The van der Waals surface area contributed by atoms with Crippen LogP contribution < -0.4 is 5.32 Å². The van der Waals surface area contributed by atoms with Gasteiger partial charge in [0.1, 0.15) is 11.8 Å². The largest absolute Gasteiger partial charge is 0.469 e. The van der Waals surface area contributed by atoms with Crippen LogP contribution in [-0.4, -0.2) is 25.0 Å². The first-order chi connectivity index (χ1) is 8.04. The van der Waals surface area contributed by atoms with Crippen molar-refractivity contribution >= 4 is 11.9 Å². The summed E-state index contributed by atoms with van der Waals surface area (Å²) in [6, 6.07) is 2.80. The summed E-state index contributed by atoms with van der Waals surface area (Å²) in [6.45, 7) is 3.68. The molecule has 1 rings (SSSR count). The molecule has 5 nitrogen and oxygen atoms in total. The fourth-order valence-electron chi connectivity index (χ4n) is 1.42. The molecule has 0 bridgehead atoms. The van der Waals surface area contributed by atoms with Gasteiger partial charge in [-0.1, -0.05) is 13.8 Å². The number of amides is 1. The summed E-state index contributed by atoms with van der Waals surface area (Å²) >= 11 is 0. The minimum atomic E-state index is -0.623. The molecule has 1 N–H and O–H groups in total. The van der Waals surface area contributed by atoms with Crippen molar-refractivity contribution in [2.45, 2.75) is 26.3 Å². The predicted molar refractivity (Wildman–Crippen MR) is 61.2 cm³/mol.